The lowest BCUT2D eigenvalue weighted by atomic mass is 10.3. The Bertz CT molecular complexity index is 244. The van der Waals surface area contributed by atoms with Crippen molar-refractivity contribution < 1.29 is 0 Å². The average Bonchev–Trinajstić information content (AvgIpc) is 2.65. The first-order valence-electron chi connectivity index (χ1n) is 4.84. The van der Waals surface area contributed by atoms with E-state index in [0.29, 0.717) is 0 Å². The molecule has 0 saturated carbocycles. The molecule has 0 amide bonds. The Morgan fingerprint density at radius 2 is 2.50 bits per heavy atom. The van der Waals surface area contributed by atoms with Gasteiger partial charge in [-0.1, -0.05) is 6.08 Å². The van der Waals surface area contributed by atoms with Crippen molar-refractivity contribution in [3.8, 4) is 0 Å². The van der Waals surface area contributed by atoms with Crippen LogP contribution in [0.2, 0.25) is 0 Å². The molecule has 0 fully saturated rings. The minimum Gasteiger partial charge on any atom is -0.312 e. The Labute approximate surface area is 90.2 Å². The highest BCUT2D eigenvalue weighted by Crippen LogP contribution is 2.07. The number of likely N-dealkylation sites (N-methyl/N-ethyl adjacent to an activating group) is 1. The molecule has 0 aliphatic carbocycles. The van der Waals surface area contributed by atoms with E-state index < -0.39 is 0 Å². The van der Waals surface area contributed by atoms with E-state index in [1.807, 2.05) is 6.08 Å². The van der Waals surface area contributed by atoms with Gasteiger partial charge in [0, 0.05) is 26.2 Å². The van der Waals surface area contributed by atoms with Crippen molar-refractivity contribution in [3.05, 3.63) is 35.0 Å². The summed E-state index contributed by atoms with van der Waals surface area (Å²) in [7, 11) is 2.15. The van der Waals surface area contributed by atoms with Gasteiger partial charge in [-0.3, -0.25) is 0 Å². The van der Waals surface area contributed by atoms with Crippen LogP contribution in [0.5, 0.6) is 0 Å². The van der Waals surface area contributed by atoms with Crippen LogP contribution in [0, 0.1) is 0 Å². The molecule has 78 valence electrons. The summed E-state index contributed by atoms with van der Waals surface area (Å²) >= 11 is 1.76. The molecule has 2 nitrogen and oxygen atoms in total. The van der Waals surface area contributed by atoms with Crippen molar-refractivity contribution in [2.45, 2.75) is 6.54 Å². The highest BCUT2D eigenvalue weighted by atomic mass is 32.1. The second-order valence-corrected chi connectivity index (χ2v) is 4.14. The normalized spacial score (nSPS) is 10.7. The fraction of sp³-hybridized carbons (Fsp3) is 0.455. The first kappa shape index (κ1) is 11.4. The molecule has 1 heterocycles. The van der Waals surface area contributed by atoms with Crippen LogP contribution in [-0.2, 0) is 6.54 Å². The van der Waals surface area contributed by atoms with Gasteiger partial charge in [0.1, 0.15) is 0 Å². The fourth-order valence-electron chi connectivity index (χ4n) is 1.25. The van der Waals surface area contributed by atoms with Gasteiger partial charge in [-0.25, -0.2) is 0 Å². The van der Waals surface area contributed by atoms with Gasteiger partial charge in [0.25, 0.3) is 0 Å². The highest BCUT2D eigenvalue weighted by Gasteiger charge is 1.99. The molecule has 0 aromatic carbocycles. The first-order chi connectivity index (χ1) is 6.83. The number of nitrogens with zero attached hydrogens (tertiary/aromatic N) is 1. The van der Waals surface area contributed by atoms with Gasteiger partial charge in [0.05, 0.1) is 0 Å². The van der Waals surface area contributed by atoms with E-state index in [-0.39, 0.29) is 0 Å². The van der Waals surface area contributed by atoms with Crippen molar-refractivity contribution in [1.29, 1.82) is 0 Å². The molecule has 0 spiro atoms. The van der Waals surface area contributed by atoms with Crippen molar-refractivity contribution in [1.82, 2.24) is 10.2 Å². The van der Waals surface area contributed by atoms with E-state index in [0.717, 1.165) is 26.2 Å². The largest absolute Gasteiger partial charge is 0.312 e. The summed E-state index contributed by atoms with van der Waals surface area (Å²) in [4.78, 5) is 2.32. The molecule has 1 aromatic heterocycles. The Morgan fingerprint density at radius 1 is 1.64 bits per heavy atom. The Kier molecular flexibility index (Phi) is 5.52. The summed E-state index contributed by atoms with van der Waals surface area (Å²) in [5, 5.41) is 7.61. The van der Waals surface area contributed by atoms with E-state index in [9.17, 15) is 0 Å². The van der Waals surface area contributed by atoms with Gasteiger partial charge in [0.15, 0.2) is 0 Å². The lowest BCUT2D eigenvalue weighted by molar-refractivity contribution is 0.327. The monoisotopic (exact) mass is 210 g/mol. The molecule has 0 unspecified atom stereocenters. The van der Waals surface area contributed by atoms with Crippen LogP contribution in [0.15, 0.2) is 29.5 Å². The van der Waals surface area contributed by atoms with Gasteiger partial charge in [-0.05, 0) is 29.4 Å². The van der Waals surface area contributed by atoms with Gasteiger partial charge in [-0.15, -0.1) is 6.58 Å². The molecule has 1 rings (SSSR count). The predicted octanol–water partition coefficient (Wildman–Crippen LogP) is 1.96. The SMILES string of the molecule is C=CCNCCN(C)Cc1ccsc1. The van der Waals surface area contributed by atoms with Crippen LogP contribution < -0.4 is 5.32 Å². The maximum atomic E-state index is 3.66. The van der Waals surface area contributed by atoms with Crippen LogP contribution in [0.25, 0.3) is 0 Å². The maximum Gasteiger partial charge on any atom is 0.0239 e. The fourth-order valence-corrected chi connectivity index (χ4v) is 1.91. The van der Waals surface area contributed by atoms with Gasteiger partial charge in [-0.2, -0.15) is 11.3 Å². The van der Waals surface area contributed by atoms with Crippen LogP contribution in [0.1, 0.15) is 5.56 Å². The lowest BCUT2D eigenvalue weighted by Gasteiger charge is -2.15. The molecular weight excluding hydrogens is 192 g/mol. The van der Waals surface area contributed by atoms with E-state index in [1.165, 1.54) is 5.56 Å². The summed E-state index contributed by atoms with van der Waals surface area (Å²) < 4.78 is 0. The van der Waals surface area contributed by atoms with Crippen LogP contribution in [-0.4, -0.2) is 31.6 Å². The highest BCUT2D eigenvalue weighted by molar-refractivity contribution is 7.07. The predicted molar refractivity (Wildman–Crippen MR) is 63.7 cm³/mol. The molecule has 3 heteroatoms. The Morgan fingerprint density at radius 3 is 3.14 bits per heavy atom. The lowest BCUT2D eigenvalue weighted by Crippen LogP contribution is -2.28. The number of thiophene rings is 1. The van der Waals surface area contributed by atoms with Crippen molar-refractivity contribution in [2.24, 2.45) is 0 Å². The molecule has 0 aliphatic heterocycles. The molecule has 0 radical (unpaired) electrons. The standard InChI is InChI=1S/C11H18N2S/c1-3-5-12-6-7-13(2)9-11-4-8-14-10-11/h3-4,8,10,12H,1,5-7,9H2,2H3. The summed E-state index contributed by atoms with van der Waals surface area (Å²) in [6, 6.07) is 2.18. The van der Waals surface area contributed by atoms with Crippen LogP contribution in [0.4, 0.5) is 0 Å². The molecule has 0 atom stereocenters. The van der Waals surface area contributed by atoms with Crippen LogP contribution >= 0.6 is 11.3 Å². The molecule has 1 N–H and O–H groups in total. The van der Waals surface area contributed by atoms with Crippen molar-refractivity contribution in [3.63, 3.8) is 0 Å². The molecule has 14 heavy (non-hydrogen) atoms. The second-order valence-electron chi connectivity index (χ2n) is 3.36. The van der Waals surface area contributed by atoms with Crippen molar-refractivity contribution in [2.75, 3.05) is 26.7 Å². The van der Waals surface area contributed by atoms with E-state index in [4.69, 9.17) is 0 Å². The summed E-state index contributed by atoms with van der Waals surface area (Å²) in [5.74, 6) is 0. The number of rotatable bonds is 7. The summed E-state index contributed by atoms with van der Waals surface area (Å²) in [6.07, 6.45) is 1.89. The van der Waals surface area contributed by atoms with Gasteiger partial charge < -0.3 is 10.2 Å². The number of hydrogen-bond acceptors (Lipinski definition) is 3. The van der Waals surface area contributed by atoms with Crippen molar-refractivity contribution >= 4 is 11.3 Å². The molecule has 0 saturated heterocycles. The molecule has 0 aliphatic rings. The topological polar surface area (TPSA) is 15.3 Å². The minimum atomic E-state index is 0.895. The summed E-state index contributed by atoms with van der Waals surface area (Å²) in [6.45, 7) is 7.69. The Balaban J connectivity index is 2.10. The van der Waals surface area contributed by atoms with Crippen LogP contribution in [0.3, 0.4) is 0 Å². The zero-order chi connectivity index (χ0) is 10.2. The van der Waals surface area contributed by atoms with Gasteiger partial charge in [0.2, 0.25) is 0 Å². The average molecular weight is 210 g/mol. The quantitative estimate of drug-likeness (QED) is 0.546. The number of nitrogens with one attached hydrogen (secondary N) is 1. The third-order valence-electron chi connectivity index (χ3n) is 1.99. The van der Waals surface area contributed by atoms with E-state index in [2.05, 4.69) is 40.7 Å². The van der Waals surface area contributed by atoms with E-state index in [1.54, 1.807) is 11.3 Å². The first-order valence-corrected chi connectivity index (χ1v) is 5.78. The molecular formula is C11H18N2S. The smallest absolute Gasteiger partial charge is 0.0239 e. The third kappa shape index (κ3) is 4.56. The third-order valence-corrected chi connectivity index (χ3v) is 2.72. The summed E-state index contributed by atoms with van der Waals surface area (Å²) in [5.41, 5.74) is 1.40. The Hall–Kier alpha value is -0.640. The maximum absolute atomic E-state index is 3.66. The molecule has 1 aromatic rings. The molecule has 0 bridgehead atoms. The number of hydrogen-bond donors (Lipinski definition) is 1. The van der Waals surface area contributed by atoms with Gasteiger partial charge >= 0.3 is 0 Å². The zero-order valence-electron chi connectivity index (χ0n) is 8.70. The second kappa shape index (κ2) is 6.76. The minimum absolute atomic E-state index is 0.895. The zero-order valence-corrected chi connectivity index (χ0v) is 9.52. The van der Waals surface area contributed by atoms with E-state index >= 15 is 0 Å².